The SMILES string of the molecule is CN[C@@H]1[C@H](O[C@H]2[C@H](O[C@H]3[C@H](O)[C@@H](O)[C@H](N=C(N)N)[C@@H](O)[C@@H]3N=C(N)N)O[C@@H](C)[C@]2(O)C=O)O[C@@H](CO)[C@H](O)[C@H]1O.CN[C@@H]1[C@H](O[C@H]2[C@H](O[C@H]3[C@H](O)[C@@H](O)[C@H](N=C(N)N)[C@@H](O)[C@@H]3N=C(N)N)O[C@@H](C)[C@]2(O)C=O)O[C@@H](CO)[C@H](O)[C@H]1O.COc1cc(Cc2cnc(N)nc2N)cc(OC)c1OC.Cc1cc(NS(=O)(=O)c2ccc(N)cc2)no1.Nc1ccc(S(=O)(=O)c2ccc(N)cc2)cc1.O=S(=O)(O)O.O=S(=O)(O)O.O=S(=O)(O)O. The molecular weight excluding hydrogens is 2120 g/mol. The van der Waals surface area contributed by atoms with Crippen molar-refractivity contribution in [1.29, 1.82) is 0 Å². The third kappa shape index (κ3) is 36.0. The molecule has 846 valence electrons. The number of rotatable bonds is 28. The number of sulfonamides is 1. The minimum Gasteiger partial charge on any atom is -0.493 e. The van der Waals surface area contributed by atoms with Crippen LogP contribution in [-0.4, -0.2) is 424 Å². The van der Waals surface area contributed by atoms with Crippen molar-refractivity contribution in [2.75, 3.05) is 82.0 Å². The molecule has 4 aromatic carbocycles. The number of benzene rings is 4. The van der Waals surface area contributed by atoms with Crippen LogP contribution in [0.2, 0.25) is 0 Å². The van der Waals surface area contributed by atoms with Crippen molar-refractivity contribution in [3.05, 3.63) is 114 Å². The highest BCUT2D eigenvalue weighted by molar-refractivity contribution is 7.92. The van der Waals surface area contributed by atoms with Crippen LogP contribution < -0.4 is 104 Å². The molecule has 72 heteroatoms. The second-order valence-corrected chi connectivity index (χ2v) is 38.9. The third-order valence-corrected chi connectivity index (χ3v) is 25.3. The van der Waals surface area contributed by atoms with Crippen molar-refractivity contribution in [1.82, 2.24) is 25.8 Å². The van der Waals surface area contributed by atoms with E-state index in [-0.39, 0.29) is 39.0 Å². The number of ether oxygens (including phenoxy) is 11. The number of aromatic nitrogens is 3. The third-order valence-electron chi connectivity index (χ3n) is 22.1. The van der Waals surface area contributed by atoms with Gasteiger partial charge in [-0.1, -0.05) is 5.16 Å². The van der Waals surface area contributed by atoms with E-state index < -0.39 is 271 Å². The lowest BCUT2D eigenvalue weighted by molar-refractivity contribution is -0.314. The summed E-state index contributed by atoms with van der Waals surface area (Å²) in [5, 5.41) is 157. The van der Waals surface area contributed by atoms with Gasteiger partial charge in [-0.2, -0.15) is 30.2 Å². The Hall–Kier alpha value is -11.7. The van der Waals surface area contributed by atoms with Crippen molar-refractivity contribution in [2.24, 2.45) is 65.8 Å². The highest BCUT2D eigenvalue weighted by atomic mass is 32.3. The highest BCUT2D eigenvalue weighted by Crippen LogP contribution is 2.43. The molecular formula is C78H125N23O44S5. The number of guanidine groups is 4. The zero-order valence-corrected chi connectivity index (χ0v) is 84.2. The molecule has 0 spiro atoms. The van der Waals surface area contributed by atoms with Crippen LogP contribution in [0.25, 0.3) is 0 Å². The fourth-order valence-electron chi connectivity index (χ4n) is 14.9. The molecule has 6 aliphatic rings. The fraction of sp³-hybridized carbons (Fsp3) is 0.526. The van der Waals surface area contributed by atoms with E-state index >= 15 is 0 Å². The molecule has 0 bridgehead atoms. The van der Waals surface area contributed by atoms with Gasteiger partial charge in [0, 0.05) is 41.3 Å². The van der Waals surface area contributed by atoms with Gasteiger partial charge in [0.15, 0.2) is 90.1 Å². The van der Waals surface area contributed by atoms with Crippen LogP contribution in [0.1, 0.15) is 30.7 Å². The summed E-state index contributed by atoms with van der Waals surface area (Å²) in [7, 11) is -13.6. The number of nitrogens with two attached hydrogens (primary N) is 13. The second-order valence-electron chi connectivity index (χ2n) is 32.6. The van der Waals surface area contributed by atoms with Gasteiger partial charge in [-0.15, -0.1) is 0 Å². The summed E-state index contributed by atoms with van der Waals surface area (Å²) in [5.74, 6) is 0.840. The molecule has 4 saturated heterocycles. The number of nitrogen functional groups attached to an aromatic ring is 5. The van der Waals surface area contributed by atoms with Crippen LogP contribution in [0.3, 0.4) is 0 Å². The van der Waals surface area contributed by atoms with E-state index in [1.807, 2.05) is 12.1 Å². The van der Waals surface area contributed by atoms with Gasteiger partial charge in [-0.25, -0.2) is 41.8 Å². The number of sulfone groups is 1. The maximum absolute atomic E-state index is 12.2. The standard InChI is InChI=1S/2C21H39N7O12.C14H18N4O3.C12H12N2O2S.C10H11N3O3S.3H2O4S/c2*1-5-21(36,4-30)16(40-17-9(26-2)13(34)10(31)6(3-29)38-17)18(37-5)39-15-8(28-20(24)25)11(32)7(27-19(22)23)12(33)14(15)35;1-19-10-5-8(6-11(20-2)12(10)21-3)4-9-7-17-14(16)18-13(9)15;13-9-1-5-11(6-2-9)17(15,16)12-7-3-10(14)4-8-12;1-7-6-10(12-16-7)13-17(14,15)9-4-2-8(11)3-5-9;3*1-5(2,3)4/h2*4-18,26,29,31-36H,3H2,1-2H3,(H4,22,23,27)(H4,24,25,28);5-7H,4H2,1-3H3,(H4,15,16,17,18);1-8H,13-14H2;2-6H,11H2,1H3,(H,12,13);3*(H2,1,2,3,4)/t2*5-,6-,7+,8-,9-,10-,11+,12-,13-,14+,15+,16-,17-,18-,21+;;;;;;/m00....../s1. The Morgan fingerprint density at radius 1 is 0.453 bits per heavy atom. The Labute approximate surface area is 854 Å². The van der Waals surface area contributed by atoms with Crippen molar-refractivity contribution < 1.29 is 207 Å². The van der Waals surface area contributed by atoms with Crippen LogP contribution in [0.5, 0.6) is 17.2 Å². The maximum Gasteiger partial charge on any atom is 0.394 e. The summed E-state index contributed by atoms with van der Waals surface area (Å²) < 4.78 is 212. The summed E-state index contributed by atoms with van der Waals surface area (Å²) in [5.41, 5.74) is 69.9. The second kappa shape index (κ2) is 55.6. The number of nitrogens with zero attached hydrogens (tertiary/aromatic N) is 7. The van der Waals surface area contributed by atoms with Gasteiger partial charge >= 0.3 is 31.2 Å². The summed E-state index contributed by atoms with van der Waals surface area (Å²) >= 11 is 0. The zero-order valence-electron chi connectivity index (χ0n) is 80.1. The lowest BCUT2D eigenvalue weighted by Gasteiger charge is -2.45. The summed E-state index contributed by atoms with van der Waals surface area (Å²) in [4.78, 5) is 47.8. The number of carbonyl (C=O) groups is 2. The first-order valence-electron chi connectivity index (χ1n) is 42.8. The minimum atomic E-state index is -4.67. The number of aliphatic hydroxyl groups is 14. The van der Waals surface area contributed by atoms with Crippen LogP contribution in [0.4, 0.5) is 34.6 Å². The molecule has 2 aliphatic carbocycles. The van der Waals surface area contributed by atoms with Crippen molar-refractivity contribution in [2.45, 2.75) is 224 Å². The van der Waals surface area contributed by atoms with Crippen molar-refractivity contribution >= 4 is 122 Å². The number of aldehydes is 2. The monoisotopic (exact) mass is 2250 g/mol. The van der Waals surface area contributed by atoms with Crippen LogP contribution >= 0.6 is 0 Å². The van der Waals surface area contributed by atoms with Crippen molar-refractivity contribution in [3.63, 3.8) is 0 Å². The molecule has 2 aromatic heterocycles. The first kappa shape index (κ1) is 129. The average Bonchev–Trinajstić information content (AvgIpc) is 1.59. The minimum absolute atomic E-state index is 0.118. The van der Waals surface area contributed by atoms with Crippen molar-refractivity contribution in [3.8, 4) is 17.2 Å². The van der Waals surface area contributed by atoms with Gasteiger partial charge in [-0.3, -0.25) is 41.6 Å². The van der Waals surface area contributed by atoms with Gasteiger partial charge in [-0.05, 0) is 125 Å². The Balaban J connectivity index is 0.000000330. The first-order chi connectivity index (χ1) is 69.5. The number of aliphatic imine (C=N–C) groups is 4. The van der Waals surface area contributed by atoms with E-state index in [1.165, 1.54) is 82.5 Å². The number of likely N-dealkylation sites (N-methyl/N-ethyl adjacent to an activating group) is 2. The Morgan fingerprint density at radius 2 is 0.787 bits per heavy atom. The number of nitrogens with one attached hydrogen (secondary N) is 3. The topological polar surface area (TPSA) is 1190 Å². The molecule has 0 radical (unpaired) electrons. The van der Waals surface area contributed by atoms with Crippen LogP contribution in [0.15, 0.2) is 136 Å². The molecule has 2 saturated carbocycles. The quantitative estimate of drug-likeness (QED) is 0.00713. The molecule has 6 fully saturated rings. The lowest BCUT2D eigenvalue weighted by atomic mass is 9.81. The molecule has 6 aromatic rings. The number of hydrogen-bond donors (Lipinski definition) is 36. The lowest BCUT2D eigenvalue weighted by Crippen LogP contribution is -2.66. The summed E-state index contributed by atoms with van der Waals surface area (Å²) in [6.45, 7) is 2.91. The molecule has 150 heavy (non-hydrogen) atoms. The van der Waals surface area contributed by atoms with E-state index in [4.69, 9.17) is 184 Å². The maximum atomic E-state index is 12.2. The molecule has 49 N–H and O–H groups in total. The van der Waals surface area contributed by atoms with Gasteiger partial charge in [0.05, 0.1) is 73.5 Å². The molecule has 6 heterocycles. The summed E-state index contributed by atoms with van der Waals surface area (Å²) in [6, 6.07) is 15.1. The van der Waals surface area contributed by atoms with E-state index in [0.717, 1.165) is 11.1 Å². The molecule has 0 amide bonds. The number of carbonyl (C=O) groups excluding carboxylic acids is 2. The number of methoxy groups -OCH3 is 3. The summed E-state index contributed by atoms with van der Waals surface area (Å²) in [6.07, 6.45) is -32.5. The van der Waals surface area contributed by atoms with Crippen LogP contribution in [0, 0.1) is 6.92 Å². The number of anilines is 6. The molecule has 30 atom stereocenters. The van der Waals surface area contributed by atoms with Gasteiger partial charge in [0.25, 0.3) is 10.0 Å². The van der Waals surface area contributed by atoms with Gasteiger partial charge in [0.2, 0.25) is 21.5 Å². The number of hydrogen-bond acceptors (Lipinski definition) is 52. The van der Waals surface area contributed by atoms with E-state index in [2.05, 4.69) is 50.4 Å². The number of aliphatic hydroxyl groups excluding tert-OH is 12. The van der Waals surface area contributed by atoms with E-state index in [9.17, 15) is 97.9 Å². The van der Waals surface area contributed by atoms with E-state index in [1.54, 1.807) is 58.7 Å². The predicted octanol–water partition coefficient (Wildman–Crippen LogP) is -14.0. The highest BCUT2D eigenvalue weighted by Gasteiger charge is 2.64. The zero-order chi connectivity index (χ0) is 114. The Morgan fingerprint density at radius 3 is 1.07 bits per heavy atom. The van der Waals surface area contributed by atoms with Gasteiger partial charge < -0.3 is 213 Å². The Kier molecular flexibility index (Phi) is 47.7. The largest absolute Gasteiger partial charge is 0.493 e. The molecule has 0 unspecified atom stereocenters. The Bertz CT molecular complexity index is 5770. The van der Waals surface area contributed by atoms with Crippen LogP contribution in [-0.2, 0) is 105 Å². The average molecular weight is 2250 g/mol. The molecule has 67 nitrogen and oxygen atoms in total. The van der Waals surface area contributed by atoms with Gasteiger partial charge in [0.1, 0.15) is 133 Å². The molecule has 4 aliphatic heterocycles. The smallest absolute Gasteiger partial charge is 0.394 e. The first-order valence-corrected chi connectivity index (χ1v) is 50.0. The fourth-order valence-corrected chi connectivity index (χ4v) is 17.1. The normalized spacial score (nSPS) is 30.5. The molecule has 12 rings (SSSR count). The number of aryl methyl sites for hydroxylation is 1. The predicted molar refractivity (Wildman–Crippen MR) is 518 cm³/mol. The van der Waals surface area contributed by atoms with E-state index in [0.29, 0.717) is 52.3 Å².